The predicted molar refractivity (Wildman–Crippen MR) is 120 cm³/mol. The van der Waals surface area contributed by atoms with Crippen molar-refractivity contribution in [2.75, 3.05) is 6.54 Å². The molecule has 164 valence electrons. The van der Waals surface area contributed by atoms with E-state index in [4.69, 9.17) is 4.42 Å². The number of carbonyl (C=O) groups is 2. The number of hydrogen-bond donors (Lipinski definition) is 1. The van der Waals surface area contributed by atoms with Gasteiger partial charge in [0.25, 0.3) is 5.91 Å². The molecule has 0 saturated heterocycles. The molecule has 0 bridgehead atoms. The Morgan fingerprint density at radius 3 is 2.52 bits per heavy atom. The minimum absolute atomic E-state index is 0.101. The fourth-order valence-corrected chi connectivity index (χ4v) is 4.74. The number of rotatable bonds is 8. The van der Waals surface area contributed by atoms with Crippen LogP contribution in [0.15, 0.2) is 64.8 Å². The molecule has 31 heavy (non-hydrogen) atoms. The third-order valence-electron chi connectivity index (χ3n) is 6.43. The zero-order chi connectivity index (χ0) is 21.5. The number of nitrogens with zero attached hydrogens (tertiary/aromatic N) is 1. The van der Waals surface area contributed by atoms with Crippen LogP contribution >= 0.6 is 0 Å². The van der Waals surface area contributed by atoms with Crippen molar-refractivity contribution in [3.05, 3.63) is 71.7 Å². The summed E-state index contributed by atoms with van der Waals surface area (Å²) in [5, 5.41) is 3.22. The van der Waals surface area contributed by atoms with Crippen LogP contribution in [0, 0.1) is 0 Å². The highest BCUT2D eigenvalue weighted by Gasteiger charge is 2.34. The summed E-state index contributed by atoms with van der Waals surface area (Å²) in [4.78, 5) is 28.7. The molecule has 0 radical (unpaired) electrons. The van der Waals surface area contributed by atoms with Crippen molar-refractivity contribution in [3.63, 3.8) is 0 Å². The average Bonchev–Trinajstić information content (AvgIpc) is 3.52. The number of amides is 2. The van der Waals surface area contributed by atoms with E-state index in [0.29, 0.717) is 6.54 Å². The van der Waals surface area contributed by atoms with Crippen molar-refractivity contribution in [2.24, 2.45) is 0 Å². The van der Waals surface area contributed by atoms with E-state index >= 15 is 0 Å². The van der Waals surface area contributed by atoms with Crippen LogP contribution in [-0.4, -0.2) is 29.3 Å². The van der Waals surface area contributed by atoms with Gasteiger partial charge >= 0.3 is 0 Å². The van der Waals surface area contributed by atoms with Crippen LogP contribution in [0.1, 0.15) is 79.9 Å². The van der Waals surface area contributed by atoms with Crippen LogP contribution in [0.5, 0.6) is 0 Å². The van der Waals surface area contributed by atoms with Gasteiger partial charge in [-0.05, 0) is 62.6 Å². The Balaban J connectivity index is 1.63. The van der Waals surface area contributed by atoms with Crippen molar-refractivity contribution in [1.29, 1.82) is 0 Å². The molecule has 5 nitrogen and oxygen atoms in total. The summed E-state index contributed by atoms with van der Waals surface area (Å²) in [7, 11) is 0. The van der Waals surface area contributed by atoms with Crippen LogP contribution in [0.25, 0.3) is 0 Å². The lowest BCUT2D eigenvalue weighted by molar-refractivity contribution is -0.126. The van der Waals surface area contributed by atoms with E-state index in [0.717, 1.165) is 50.5 Å². The van der Waals surface area contributed by atoms with E-state index in [1.54, 1.807) is 17.0 Å². The molecule has 2 aliphatic carbocycles. The maximum atomic E-state index is 13.5. The molecule has 1 atom stereocenters. The first-order valence-electron chi connectivity index (χ1n) is 11.6. The Kier molecular flexibility index (Phi) is 7.23. The molecular formula is C26H32N2O3. The van der Waals surface area contributed by atoms with Crippen molar-refractivity contribution in [1.82, 2.24) is 10.2 Å². The Morgan fingerprint density at radius 2 is 1.84 bits per heavy atom. The zero-order valence-electron chi connectivity index (χ0n) is 18.1. The van der Waals surface area contributed by atoms with Crippen molar-refractivity contribution < 1.29 is 14.0 Å². The lowest BCUT2D eigenvalue weighted by atomic mass is 9.96. The summed E-state index contributed by atoms with van der Waals surface area (Å²) in [6.45, 7) is 0.489. The van der Waals surface area contributed by atoms with Crippen molar-refractivity contribution in [3.8, 4) is 0 Å². The molecule has 1 aromatic carbocycles. The summed E-state index contributed by atoms with van der Waals surface area (Å²) < 4.78 is 5.43. The highest BCUT2D eigenvalue weighted by molar-refractivity contribution is 5.96. The van der Waals surface area contributed by atoms with E-state index in [2.05, 4.69) is 11.4 Å². The van der Waals surface area contributed by atoms with Gasteiger partial charge in [-0.15, -0.1) is 0 Å². The number of nitrogens with one attached hydrogen (secondary N) is 1. The molecule has 2 amide bonds. The zero-order valence-corrected chi connectivity index (χ0v) is 18.1. The highest BCUT2D eigenvalue weighted by atomic mass is 16.3. The number of furan rings is 1. The molecule has 1 heterocycles. The maximum absolute atomic E-state index is 13.5. The number of carbonyl (C=O) groups excluding carboxylic acids is 2. The second-order valence-electron chi connectivity index (χ2n) is 8.64. The molecule has 5 heteroatoms. The summed E-state index contributed by atoms with van der Waals surface area (Å²) >= 11 is 0. The van der Waals surface area contributed by atoms with Crippen LogP contribution in [-0.2, 0) is 4.79 Å². The van der Waals surface area contributed by atoms with Gasteiger partial charge in [-0.25, -0.2) is 0 Å². The summed E-state index contributed by atoms with van der Waals surface area (Å²) in [6, 6.07) is 12.5. The second kappa shape index (κ2) is 10.5. The topological polar surface area (TPSA) is 62.6 Å². The van der Waals surface area contributed by atoms with Gasteiger partial charge in [-0.1, -0.05) is 54.8 Å². The van der Waals surface area contributed by atoms with Gasteiger partial charge in [0.15, 0.2) is 5.76 Å². The third kappa shape index (κ3) is 5.46. The fourth-order valence-electron chi connectivity index (χ4n) is 4.74. The Hall–Kier alpha value is -2.82. The van der Waals surface area contributed by atoms with Gasteiger partial charge < -0.3 is 14.6 Å². The first kappa shape index (κ1) is 21.4. The normalized spacial score (nSPS) is 17.7. The summed E-state index contributed by atoms with van der Waals surface area (Å²) in [5.41, 5.74) is 2.21. The van der Waals surface area contributed by atoms with Crippen LogP contribution in [0.4, 0.5) is 0 Å². The molecule has 0 aliphatic heterocycles. The Labute approximate surface area is 184 Å². The largest absolute Gasteiger partial charge is 0.459 e. The van der Waals surface area contributed by atoms with Gasteiger partial charge in [-0.2, -0.15) is 0 Å². The van der Waals surface area contributed by atoms with Gasteiger partial charge in [-0.3, -0.25) is 9.59 Å². The molecule has 2 aromatic rings. The third-order valence-corrected chi connectivity index (χ3v) is 6.43. The Morgan fingerprint density at radius 1 is 1.03 bits per heavy atom. The lowest BCUT2D eigenvalue weighted by Crippen LogP contribution is -2.46. The first-order valence-corrected chi connectivity index (χ1v) is 11.6. The van der Waals surface area contributed by atoms with Gasteiger partial charge in [0.2, 0.25) is 5.91 Å². The molecular weight excluding hydrogens is 388 g/mol. The number of allylic oxidation sites excluding steroid dienone is 1. The SMILES string of the molecule is O=C(NC1CCCC1)[C@H](c1ccccc1)N(CCC1=CCCCC1)C(=O)c1ccco1. The number of hydrogen-bond acceptors (Lipinski definition) is 3. The molecule has 1 N–H and O–H groups in total. The molecule has 1 fully saturated rings. The average molecular weight is 421 g/mol. The van der Waals surface area contributed by atoms with E-state index in [9.17, 15) is 9.59 Å². The standard InChI is InChI=1S/C26H32N2O3/c29-25(27-22-14-7-8-15-22)24(21-12-5-2-6-13-21)28(26(30)23-16-9-19-31-23)18-17-20-10-3-1-4-11-20/h2,5-6,9-10,12-13,16,19,22,24H,1,3-4,7-8,11,14-15,17-18H2,(H,27,29)/t24-/m0/s1. The Bertz CT molecular complexity index is 883. The minimum Gasteiger partial charge on any atom is -0.459 e. The molecule has 4 rings (SSSR count). The lowest BCUT2D eigenvalue weighted by Gasteiger charge is -2.32. The fraction of sp³-hybridized carbons (Fsp3) is 0.462. The van der Waals surface area contributed by atoms with E-state index in [1.165, 1.54) is 24.7 Å². The second-order valence-corrected chi connectivity index (χ2v) is 8.64. The molecule has 1 saturated carbocycles. The van der Waals surface area contributed by atoms with Gasteiger partial charge in [0.05, 0.1) is 6.26 Å². The van der Waals surface area contributed by atoms with Crippen molar-refractivity contribution >= 4 is 11.8 Å². The molecule has 1 aromatic heterocycles. The van der Waals surface area contributed by atoms with Crippen molar-refractivity contribution in [2.45, 2.75) is 69.9 Å². The van der Waals surface area contributed by atoms with Crippen LogP contribution < -0.4 is 5.32 Å². The molecule has 0 unspecified atom stereocenters. The van der Waals surface area contributed by atoms with E-state index < -0.39 is 6.04 Å². The van der Waals surface area contributed by atoms with Crippen LogP contribution in [0.3, 0.4) is 0 Å². The quantitative estimate of drug-likeness (QED) is 0.581. The monoisotopic (exact) mass is 420 g/mol. The maximum Gasteiger partial charge on any atom is 0.290 e. The number of benzene rings is 1. The van der Waals surface area contributed by atoms with Gasteiger partial charge in [0, 0.05) is 12.6 Å². The van der Waals surface area contributed by atoms with Crippen LogP contribution in [0.2, 0.25) is 0 Å². The van der Waals surface area contributed by atoms with E-state index in [-0.39, 0.29) is 23.6 Å². The summed E-state index contributed by atoms with van der Waals surface area (Å²) in [6.07, 6.45) is 13.5. The van der Waals surface area contributed by atoms with Gasteiger partial charge in [0.1, 0.15) is 6.04 Å². The highest BCUT2D eigenvalue weighted by Crippen LogP contribution is 2.28. The predicted octanol–water partition coefficient (Wildman–Crippen LogP) is 5.41. The minimum atomic E-state index is -0.677. The smallest absolute Gasteiger partial charge is 0.290 e. The summed E-state index contributed by atoms with van der Waals surface area (Å²) in [5.74, 6) is -0.0697. The van der Waals surface area contributed by atoms with E-state index in [1.807, 2.05) is 30.3 Å². The first-order chi connectivity index (χ1) is 15.2. The molecule has 0 spiro atoms. The molecule has 2 aliphatic rings.